The predicted molar refractivity (Wildman–Crippen MR) is 166 cm³/mol. The van der Waals surface area contributed by atoms with Crippen molar-refractivity contribution in [1.82, 2.24) is 4.98 Å². The van der Waals surface area contributed by atoms with Crippen LogP contribution in [0.25, 0.3) is 9.53 Å². The van der Waals surface area contributed by atoms with Crippen LogP contribution < -0.4 is 4.74 Å². The van der Waals surface area contributed by atoms with Crippen molar-refractivity contribution >= 4 is 62.0 Å². The lowest BCUT2D eigenvalue weighted by Crippen LogP contribution is -2.45. The van der Waals surface area contributed by atoms with E-state index in [0.29, 0.717) is 17.7 Å². The molecule has 0 N–H and O–H groups in total. The fourth-order valence-electron chi connectivity index (χ4n) is 3.82. The van der Waals surface area contributed by atoms with Crippen molar-refractivity contribution < 1.29 is 9.16 Å². The predicted octanol–water partition coefficient (Wildman–Crippen LogP) is 10.8. The van der Waals surface area contributed by atoms with E-state index in [1.54, 1.807) is 0 Å². The Balaban J connectivity index is 1.30. The molecule has 10 heteroatoms. The molecule has 7 nitrogen and oxygen atoms in total. The number of fused-ring (bicyclic) bond motifs is 1. The van der Waals surface area contributed by atoms with Crippen LogP contribution in [-0.4, -0.2) is 26.5 Å². The summed E-state index contributed by atoms with van der Waals surface area (Å²) < 4.78 is 12.9. The molecule has 0 spiro atoms. The Morgan fingerprint density at radius 2 is 1.54 bits per heavy atom. The Kier molecular flexibility index (Phi) is 9.42. The van der Waals surface area contributed by atoms with Gasteiger partial charge in [0.1, 0.15) is 15.6 Å². The summed E-state index contributed by atoms with van der Waals surface area (Å²) in [6, 6.07) is 17.7. The zero-order valence-corrected chi connectivity index (χ0v) is 26.4. The number of ether oxygens (including phenoxy) is 1. The standard InChI is InChI=1S/C29H37N5O2S2Si/c1-8-35-24-15-13-23(14-16-24)32-34-28-30-27-25(37-28)19-26(38-27)33-31-22-11-9-21(10-12-22)17-18-36-39(6,7)29(4,5)20(2)3/h9-16,19-20H,8,17-18H2,1-7H3. The van der Waals surface area contributed by atoms with E-state index in [1.165, 1.54) is 28.2 Å². The Bertz CT molecular complexity index is 1390. The highest BCUT2D eigenvalue weighted by Gasteiger charge is 2.43. The molecule has 0 saturated heterocycles. The van der Waals surface area contributed by atoms with Gasteiger partial charge in [-0.2, -0.15) is 0 Å². The molecule has 39 heavy (non-hydrogen) atoms. The van der Waals surface area contributed by atoms with Gasteiger partial charge in [0.25, 0.3) is 0 Å². The molecule has 4 rings (SSSR count). The van der Waals surface area contributed by atoms with Crippen LogP contribution in [0.3, 0.4) is 0 Å². The molecule has 4 aromatic rings. The first-order chi connectivity index (χ1) is 18.6. The molecule has 0 aliphatic carbocycles. The van der Waals surface area contributed by atoms with Gasteiger partial charge in [0, 0.05) is 6.61 Å². The quantitative estimate of drug-likeness (QED) is 0.124. The lowest BCUT2D eigenvalue weighted by atomic mass is 9.99. The molecular weight excluding hydrogens is 543 g/mol. The summed E-state index contributed by atoms with van der Waals surface area (Å²) >= 11 is 2.98. The first-order valence-corrected chi connectivity index (χ1v) is 17.8. The van der Waals surface area contributed by atoms with Crippen molar-refractivity contribution in [3.8, 4) is 5.75 Å². The molecule has 0 radical (unpaired) electrons. The molecule has 0 fully saturated rings. The van der Waals surface area contributed by atoms with Crippen molar-refractivity contribution in [2.24, 2.45) is 26.4 Å². The maximum atomic E-state index is 6.45. The second-order valence-electron chi connectivity index (χ2n) is 10.7. The Morgan fingerprint density at radius 1 is 0.897 bits per heavy atom. The first kappa shape index (κ1) is 29.2. The van der Waals surface area contributed by atoms with E-state index in [1.807, 2.05) is 49.4 Å². The van der Waals surface area contributed by atoms with E-state index in [0.717, 1.165) is 44.7 Å². The summed E-state index contributed by atoms with van der Waals surface area (Å²) in [6.07, 6.45) is 0.896. The largest absolute Gasteiger partial charge is 0.494 e. The van der Waals surface area contributed by atoms with E-state index in [4.69, 9.17) is 9.16 Å². The maximum Gasteiger partial charge on any atom is 0.231 e. The molecule has 0 saturated carbocycles. The number of thiazole rings is 1. The first-order valence-electron chi connectivity index (χ1n) is 13.3. The van der Waals surface area contributed by atoms with Gasteiger partial charge in [-0.3, -0.25) is 0 Å². The van der Waals surface area contributed by atoms with E-state index >= 15 is 0 Å². The molecule has 0 amide bonds. The Labute approximate surface area is 240 Å². The number of rotatable bonds is 12. The molecule has 0 bridgehead atoms. The van der Waals surface area contributed by atoms with Gasteiger partial charge in [-0.05, 0) is 85.4 Å². The monoisotopic (exact) mass is 579 g/mol. The average Bonchev–Trinajstić information content (AvgIpc) is 3.46. The van der Waals surface area contributed by atoms with Crippen LogP contribution >= 0.6 is 22.7 Å². The van der Waals surface area contributed by atoms with Crippen LogP contribution in [0.5, 0.6) is 5.75 Å². The summed E-state index contributed by atoms with van der Waals surface area (Å²) in [6.45, 7) is 17.3. The van der Waals surface area contributed by atoms with E-state index in [9.17, 15) is 0 Å². The van der Waals surface area contributed by atoms with Gasteiger partial charge in [-0.1, -0.05) is 62.5 Å². The molecule has 206 valence electrons. The number of azo groups is 2. The van der Waals surface area contributed by atoms with Gasteiger partial charge in [0.05, 0.1) is 22.7 Å². The van der Waals surface area contributed by atoms with Crippen molar-refractivity contribution in [3.63, 3.8) is 0 Å². The van der Waals surface area contributed by atoms with Crippen LogP contribution in [0, 0.1) is 5.92 Å². The number of aromatic nitrogens is 1. The second-order valence-corrected chi connectivity index (χ2v) is 17.3. The van der Waals surface area contributed by atoms with Crippen LogP contribution in [0.2, 0.25) is 18.1 Å². The number of benzene rings is 2. The van der Waals surface area contributed by atoms with Gasteiger partial charge in [0.15, 0.2) is 8.32 Å². The smallest absolute Gasteiger partial charge is 0.231 e. The molecule has 0 unspecified atom stereocenters. The highest BCUT2D eigenvalue weighted by atomic mass is 32.1. The summed E-state index contributed by atoms with van der Waals surface area (Å²) in [5.74, 6) is 1.42. The molecular formula is C29H37N5O2S2Si. The van der Waals surface area contributed by atoms with Gasteiger partial charge in [-0.25, -0.2) is 4.98 Å². The zero-order chi connectivity index (χ0) is 28.0. The lowest BCUT2D eigenvalue weighted by molar-refractivity contribution is 0.270. The summed E-state index contributed by atoms with van der Waals surface area (Å²) in [5.41, 5.74) is 2.82. The van der Waals surface area contributed by atoms with E-state index < -0.39 is 8.32 Å². The third-order valence-corrected chi connectivity index (χ3v) is 14.0. The molecule has 2 aromatic carbocycles. The molecule has 0 aliphatic rings. The highest BCUT2D eigenvalue weighted by Crippen LogP contribution is 2.44. The summed E-state index contributed by atoms with van der Waals surface area (Å²) in [7, 11) is -1.80. The van der Waals surface area contributed by atoms with Gasteiger partial charge in [0.2, 0.25) is 5.13 Å². The van der Waals surface area contributed by atoms with E-state index in [-0.39, 0.29) is 5.04 Å². The maximum absolute atomic E-state index is 6.45. The number of nitrogens with zero attached hydrogens (tertiary/aromatic N) is 5. The summed E-state index contributed by atoms with van der Waals surface area (Å²) in [4.78, 5) is 5.46. The molecule has 0 aliphatic heterocycles. The minimum atomic E-state index is -1.80. The highest BCUT2D eigenvalue weighted by molar-refractivity contribution is 7.30. The van der Waals surface area contributed by atoms with Crippen LogP contribution in [0.1, 0.15) is 40.2 Å². The van der Waals surface area contributed by atoms with Crippen LogP contribution in [-0.2, 0) is 10.8 Å². The van der Waals surface area contributed by atoms with Crippen LogP contribution in [0.15, 0.2) is 75.1 Å². The van der Waals surface area contributed by atoms with E-state index in [2.05, 4.69) is 78.4 Å². The Morgan fingerprint density at radius 3 is 2.15 bits per heavy atom. The summed E-state index contributed by atoms with van der Waals surface area (Å²) in [5, 5.41) is 19.1. The number of thiophene rings is 1. The molecule has 2 aromatic heterocycles. The zero-order valence-electron chi connectivity index (χ0n) is 23.8. The third-order valence-electron chi connectivity index (χ3n) is 7.51. The minimum Gasteiger partial charge on any atom is -0.494 e. The number of hydrogen-bond acceptors (Lipinski definition) is 9. The number of hydrogen-bond donors (Lipinski definition) is 0. The topological polar surface area (TPSA) is 80.8 Å². The second kappa shape index (κ2) is 12.6. The molecule has 0 atom stereocenters. The lowest BCUT2D eigenvalue weighted by Gasteiger charge is -2.42. The Hall–Kier alpha value is -2.79. The average molecular weight is 580 g/mol. The van der Waals surface area contributed by atoms with Gasteiger partial charge in [-0.15, -0.1) is 20.5 Å². The van der Waals surface area contributed by atoms with Crippen molar-refractivity contribution in [2.75, 3.05) is 13.2 Å². The molecule has 2 heterocycles. The van der Waals surface area contributed by atoms with Crippen molar-refractivity contribution in [3.05, 3.63) is 60.2 Å². The minimum absolute atomic E-state index is 0.228. The van der Waals surface area contributed by atoms with Crippen LogP contribution in [0.4, 0.5) is 21.5 Å². The SMILES string of the molecule is CCOc1ccc(N=Nc2nc3sc(N=Nc4ccc(CCO[Si](C)(C)C(C)(C)C(C)C)cc4)cc3s2)cc1. The normalized spacial score (nSPS) is 12.9. The van der Waals surface area contributed by atoms with Gasteiger partial charge < -0.3 is 9.16 Å². The van der Waals surface area contributed by atoms with Crippen molar-refractivity contribution in [2.45, 2.75) is 59.2 Å². The fraction of sp³-hybridized carbons (Fsp3) is 0.414. The fourth-order valence-corrected chi connectivity index (χ4v) is 8.05. The van der Waals surface area contributed by atoms with Gasteiger partial charge >= 0.3 is 0 Å². The third kappa shape index (κ3) is 7.45. The van der Waals surface area contributed by atoms with Crippen molar-refractivity contribution in [1.29, 1.82) is 0 Å².